The van der Waals surface area contributed by atoms with Crippen LogP contribution >= 0.6 is 0 Å². The number of anilines is 1. The summed E-state index contributed by atoms with van der Waals surface area (Å²) < 4.78 is 8.06. The average Bonchev–Trinajstić information content (AvgIpc) is 2.47. The molecule has 2 aromatic carbocycles. The van der Waals surface area contributed by atoms with Crippen molar-refractivity contribution in [2.75, 3.05) is 25.7 Å². The molecule has 0 saturated heterocycles. The van der Waals surface area contributed by atoms with Crippen LogP contribution in [-0.4, -0.2) is 31.6 Å². The van der Waals surface area contributed by atoms with Gasteiger partial charge in [-0.25, -0.2) is 0 Å². The highest BCUT2D eigenvalue weighted by atomic mass is 16.5. The number of hydrogen-bond donors (Lipinski definition) is 0. The zero-order chi connectivity index (χ0) is 14.1. The molecule has 1 aliphatic heterocycles. The summed E-state index contributed by atoms with van der Waals surface area (Å²) in [5, 5.41) is 0. The SMILES string of the molecule is Cc1cc(N(C)C)cc2c1OC[N+](c1ccccc1)=C2. The van der Waals surface area contributed by atoms with E-state index in [0.717, 1.165) is 17.0 Å². The van der Waals surface area contributed by atoms with Gasteiger partial charge in [0.05, 0.1) is 5.56 Å². The first kappa shape index (κ1) is 12.7. The van der Waals surface area contributed by atoms with Crippen molar-refractivity contribution in [2.24, 2.45) is 0 Å². The summed E-state index contributed by atoms with van der Waals surface area (Å²) in [7, 11) is 4.11. The van der Waals surface area contributed by atoms with Crippen LogP contribution in [0.15, 0.2) is 42.5 Å². The van der Waals surface area contributed by atoms with Gasteiger partial charge in [0.1, 0.15) is 5.75 Å². The summed E-state index contributed by atoms with van der Waals surface area (Å²) in [5.41, 5.74) is 4.64. The molecule has 1 heterocycles. The molecule has 102 valence electrons. The quantitative estimate of drug-likeness (QED) is 0.777. The molecular formula is C17H19N2O+. The third kappa shape index (κ3) is 2.27. The summed E-state index contributed by atoms with van der Waals surface area (Å²) in [6.07, 6.45) is 2.16. The lowest BCUT2D eigenvalue weighted by Crippen LogP contribution is -2.22. The predicted octanol–water partition coefficient (Wildman–Crippen LogP) is 3.17. The summed E-state index contributed by atoms with van der Waals surface area (Å²) in [5.74, 6) is 0.989. The van der Waals surface area contributed by atoms with Gasteiger partial charge in [-0.3, -0.25) is 0 Å². The minimum atomic E-state index is 0.555. The summed E-state index contributed by atoms with van der Waals surface area (Å²) in [6, 6.07) is 14.6. The van der Waals surface area contributed by atoms with Crippen LogP contribution in [0.4, 0.5) is 11.4 Å². The Bertz CT molecular complexity index is 660. The van der Waals surface area contributed by atoms with Gasteiger partial charge >= 0.3 is 0 Å². The molecule has 3 rings (SSSR count). The number of aryl methyl sites for hydroxylation is 1. The van der Waals surface area contributed by atoms with E-state index >= 15 is 0 Å². The van der Waals surface area contributed by atoms with Crippen LogP contribution in [0, 0.1) is 6.92 Å². The number of benzene rings is 2. The first-order chi connectivity index (χ1) is 9.65. The zero-order valence-corrected chi connectivity index (χ0v) is 12.1. The summed E-state index contributed by atoms with van der Waals surface area (Å²) >= 11 is 0. The lowest BCUT2D eigenvalue weighted by molar-refractivity contribution is -0.476. The molecule has 0 saturated carbocycles. The largest absolute Gasteiger partial charge is 0.435 e. The van der Waals surface area contributed by atoms with E-state index in [4.69, 9.17) is 4.74 Å². The Balaban J connectivity index is 2.08. The maximum Gasteiger partial charge on any atom is 0.292 e. The van der Waals surface area contributed by atoms with Crippen molar-refractivity contribution >= 4 is 17.6 Å². The fraction of sp³-hybridized carbons (Fsp3) is 0.235. The van der Waals surface area contributed by atoms with Crippen LogP contribution in [0.3, 0.4) is 0 Å². The predicted molar refractivity (Wildman–Crippen MR) is 82.5 cm³/mol. The van der Waals surface area contributed by atoms with Gasteiger partial charge < -0.3 is 9.64 Å². The highest BCUT2D eigenvalue weighted by molar-refractivity contribution is 5.84. The van der Waals surface area contributed by atoms with E-state index in [2.05, 4.69) is 61.0 Å². The molecule has 2 aromatic rings. The van der Waals surface area contributed by atoms with Crippen molar-refractivity contribution in [3.63, 3.8) is 0 Å². The highest BCUT2D eigenvalue weighted by Gasteiger charge is 2.21. The first-order valence-electron chi connectivity index (χ1n) is 6.76. The summed E-state index contributed by atoms with van der Waals surface area (Å²) in [6.45, 7) is 2.65. The molecule has 0 atom stereocenters. The second kappa shape index (κ2) is 5.00. The average molecular weight is 267 g/mol. The van der Waals surface area contributed by atoms with Crippen molar-refractivity contribution in [1.82, 2.24) is 0 Å². The number of nitrogens with zero attached hydrogens (tertiary/aromatic N) is 2. The Morgan fingerprint density at radius 1 is 1.10 bits per heavy atom. The molecule has 0 N–H and O–H groups in total. The van der Waals surface area contributed by atoms with Crippen LogP contribution in [0.5, 0.6) is 5.75 Å². The normalized spacial score (nSPS) is 13.2. The van der Waals surface area contributed by atoms with Gasteiger partial charge in [-0.1, -0.05) is 18.2 Å². The van der Waals surface area contributed by atoms with Gasteiger partial charge in [-0.05, 0) is 24.6 Å². The maximum atomic E-state index is 5.93. The molecule has 1 aliphatic rings. The van der Waals surface area contributed by atoms with Crippen LogP contribution in [-0.2, 0) is 0 Å². The van der Waals surface area contributed by atoms with Crippen molar-refractivity contribution in [3.05, 3.63) is 53.6 Å². The first-order valence-corrected chi connectivity index (χ1v) is 6.76. The Labute approximate surface area is 119 Å². The van der Waals surface area contributed by atoms with E-state index in [-0.39, 0.29) is 0 Å². The number of fused-ring (bicyclic) bond motifs is 1. The van der Waals surface area contributed by atoms with Gasteiger partial charge in [-0.15, -0.1) is 0 Å². The molecule has 3 heteroatoms. The van der Waals surface area contributed by atoms with E-state index in [1.54, 1.807) is 0 Å². The third-order valence-corrected chi connectivity index (χ3v) is 3.54. The Kier molecular flexibility index (Phi) is 3.18. The second-order valence-corrected chi connectivity index (χ2v) is 5.28. The van der Waals surface area contributed by atoms with Gasteiger partial charge in [0, 0.05) is 31.9 Å². The second-order valence-electron chi connectivity index (χ2n) is 5.28. The number of ether oxygens (including phenoxy) is 1. The molecular weight excluding hydrogens is 248 g/mol. The molecule has 0 aliphatic carbocycles. The molecule has 3 nitrogen and oxygen atoms in total. The Hall–Kier alpha value is -2.29. The van der Waals surface area contributed by atoms with Crippen LogP contribution in [0.1, 0.15) is 11.1 Å². The topological polar surface area (TPSA) is 15.5 Å². The third-order valence-electron chi connectivity index (χ3n) is 3.54. The minimum absolute atomic E-state index is 0.555. The van der Waals surface area contributed by atoms with Gasteiger partial charge in [0.2, 0.25) is 5.69 Å². The van der Waals surface area contributed by atoms with Crippen LogP contribution < -0.4 is 9.64 Å². The van der Waals surface area contributed by atoms with Crippen LogP contribution in [0.25, 0.3) is 0 Å². The van der Waals surface area contributed by atoms with E-state index in [1.165, 1.54) is 11.3 Å². The molecule has 0 fully saturated rings. The standard InChI is InChI=1S/C17H19N2O/c1-13-9-16(18(2)3)10-14-11-19(12-20-17(13)14)15-7-5-4-6-8-15/h4-11H,12H2,1-3H3/q+1. The highest BCUT2D eigenvalue weighted by Crippen LogP contribution is 2.30. The number of hydrogen-bond acceptors (Lipinski definition) is 2. The molecule has 0 bridgehead atoms. The van der Waals surface area contributed by atoms with Gasteiger partial charge in [0.15, 0.2) is 6.21 Å². The Morgan fingerprint density at radius 3 is 2.55 bits per heavy atom. The van der Waals surface area contributed by atoms with E-state index in [0.29, 0.717) is 6.73 Å². The van der Waals surface area contributed by atoms with E-state index in [9.17, 15) is 0 Å². The smallest absolute Gasteiger partial charge is 0.292 e. The molecule has 20 heavy (non-hydrogen) atoms. The molecule has 0 radical (unpaired) electrons. The lowest BCUT2D eigenvalue weighted by Gasteiger charge is -2.19. The maximum absolute atomic E-state index is 5.93. The van der Waals surface area contributed by atoms with Crippen molar-refractivity contribution in [1.29, 1.82) is 0 Å². The van der Waals surface area contributed by atoms with Crippen LogP contribution in [0.2, 0.25) is 0 Å². The van der Waals surface area contributed by atoms with Crippen molar-refractivity contribution in [3.8, 4) is 5.75 Å². The Morgan fingerprint density at radius 2 is 1.85 bits per heavy atom. The fourth-order valence-electron chi connectivity index (χ4n) is 2.44. The number of para-hydroxylation sites is 1. The number of rotatable bonds is 2. The lowest BCUT2D eigenvalue weighted by atomic mass is 10.1. The molecule has 0 aromatic heterocycles. The summed E-state index contributed by atoms with van der Waals surface area (Å²) in [4.78, 5) is 2.11. The van der Waals surface area contributed by atoms with Gasteiger partial charge in [0.25, 0.3) is 6.73 Å². The van der Waals surface area contributed by atoms with Crippen molar-refractivity contribution < 1.29 is 9.31 Å². The fourth-order valence-corrected chi connectivity index (χ4v) is 2.44. The molecule has 0 unspecified atom stereocenters. The van der Waals surface area contributed by atoms with E-state index in [1.807, 2.05) is 18.2 Å². The zero-order valence-electron chi connectivity index (χ0n) is 12.1. The molecule has 0 spiro atoms. The van der Waals surface area contributed by atoms with E-state index < -0.39 is 0 Å². The minimum Gasteiger partial charge on any atom is -0.435 e. The van der Waals surface area contributed by atoms with Gasteiger partial charge in [-0.2, -0.15) is 4.58 Å². The molecule has 0 amide bonds. The monoisotopic (exact) mass is 267 g/mol. The van der Waals surface area contributed by atoms with Crippen molar-refractivity contribution in [2.45, 2.75) is 6.92 Å².